The maximum atomic E-state index is 12.9. The Morgan fingerprint density at radius 1 is 1.14 bits per heavy atom. The van der Waals surface area contributed by atoms with Gasteiger partial charge >= 0.3 is 0 Å². The van der Waals surface area contributed by atoms with Gasteiger partial charge in [0.25, 0.3) is 11.8 Å². The Bertz CT molecular complexity index is 914. The number of hydrogen-bond donors (Lipinski definition) is 1. The lowest BCUT2D eigenvalue weighted by Gasteiger charge is -2.28. The van der Waals surface area contributed by atoms with Crippen LogP contribution in [0.25, 0.3) is 0 Å². The minimum atomic E-state index is -0.844. The molecule has 29 heavy (non-hydrogen) atoms. The van der Waals surface area contributed by atoms with E-state index in [9.17, 15) is 9.59 Å². The van der Waals surface area contributed by atoms with Crippen LogP contribution >= 0.6 is 0 Å². The molecule has 0 fully saturated rings. The minimum absolute atomic E-state index is 0.137. The van der Waals surface area contributed by atoms with Gasteiger partial charge in [0.15, 0.2) is 6.19 Å². The number of ether oxygens (including phenoxy) is 1. The zero-order valence-electron chi connectivity index (χ0n) is 16.3. The summed E-state index contributed by atoms with van der Waals surface area (Å²) in [6.07, 6.45) is 7.32. The summed E-state index contributed by atoms with van der Waals surface area (Å²) in [6, 6.07) is 15.0. The van der Waals surface area contributed by atoms with Gasteiger partial charge in [0.2, 0.25) is 0 Å². The maximum absolute atomic E-state index is 12.9. The predicted octanol–water partition coefficient (Wildman–Crippen LogP) is 1.83. The van der Waals surface area contributed by atoms with E-state index in [0.717, 1.165) is 10.6 Å². The Labute approximate surface area is 170 Å². The third-order valence-electron chi connectivity index (χ3n) is 4.24. The van der Waals surface area contributed by atoms with E-state index in [2.05, 4.69) is 11.2 Å². The molecular formula is C22H22N4O3. The van der Waals surface area contributed by atoms with Crippen molar-refractivity contribution in [3.05, 3.63) is 65.7 Å². The maximum Gasteiger partial charge on any atom is 0.264 e. The van der Waals surface area contributed by atoms with Crippen LogP contribution < -0.4 is 10.1 Å². The molecule has 0 bridgehead atoms. The van der Waals surface area contributed by atoms with Gasteiger partial charge in [-0.3, -0.25) is 9.59 Å². The molecule has 2 rings (SSSR count). The molecule has 7 nitrogen and oxygen atoms in total. The van der Waals surface area contributed by atoms with Gasteiger partial charge in [-0.2, -0.15) is 5.26 Å². The van der Waals surface area contributed by atoms with E-state index in [4.69, 9.17) is 16.4 Å². The lowest BCUT2D eigenvalue weighted by Crippen LogP contribution is -2.52. The molecule has 0 saturated heterocycles. The molecule has 2 aromatic carbocycles. The summed E-state index contributed by atoms with van der Waals surface area (Å²) in [7, 11) is 2.95. The molecule has 148 valence electrons. The highest BCUT2D eigenvalue weighted by Gasteiger charge is 2.26. The summed E-state index contributed by atoms with van der Waals surface area (Å²) >= 11 is 0. The highest BCUT2D eigenvalue weighted by atomic mass is 16.5. The molecule has 1 N–H and O–H groups in total. The number of amides is 2. The molecule has 1 atom stereocenters. The van der Waals surface area contributed by atoms with Crippen LogP contribution in [0.4, 0.5) is 0 Å². The fraction of sp³-hybridized carbons (Fsp3) is 0.227. The number of hydrazine groups is 1. The van der Waals surface area contributed by atoms with Gasteiger partial charge in [-0.1, -0.05) is 36.3 Å². The normalized spacial score (nSPS) is 10.8. The molecule has 0 aliphatic heterocycles. The van der Waals surface area contributed by atoms with Crippen molar-refractivity contribution in [2.75, 3.05) is 20.7 Å². The van der Waals surface area contributed by atoms with Crippen molar-refractivity contribution in [2.24, 2.45) is 0 Å². The summed E-state index contributed by atoms with van der Waals surface area (Å²) in [6.45, 7) is 0.137. The molecule has 0 aliphatic carbocycles. The Morgan fingerprint density at radius 3 is 2.38 bits per heavy atom. The first-order valence-corrected chi connectivity index (χ1v) is 8.88. The summed E-state index contributed by atoms with van der Waals surface area (Å²) in [4.78, 5) is 25.6. The van der Waals surface area contributed by atoms with Crippen LogP contribution in [-0.2, 0) is 11.2 Å². The average Bonchev–Trinajstić information content (AvgIpc) is 2.76. The van der Waals surface area contributed by atoms with Gasteiger partial charge in [-0.25, -0.2) is 10.0 Å². The van der Waals surface area contributed by atoms with E-state index < -0.39 is 17.9 Å². The fourth-order valence-electron chi connectivity index (χ4n) is 2.56. The van der Waals surface area contributed by atoms with Crippen molar-refractivity contribution in [1.82, 2.24) is 15.3 Å². The Balaban J connectivity index is 2.17. The molecule has 7 heteroatoms. The van der Waals surface area contributed by atoms with Crippen LogP contribution in [0.3, 0.4) is 0 Å². The van der Waals surface area contributed by atoms with Crippen molar-refractivity contribution in [2.45, 2.75) is 12.5 Å². The molecule has 2 aromatic rings. The number of carbonyl (C=O) groups excluding carboxylic acids is 2. The summed E-state index contributed by atoms with van der Waals surface area (Å²) in [5, 5.41) is 14.1. The van der Waals surface area contributed by atoms with Gasteiger partial charge < -0.3 is 10.1 Å². The Kier molecular flexibility index (Phi) is 7.64. The van der Waals surface area contributed by atoms with Crippen LogP contribution in [0.5, 0.6) is 5.75 Å². The summed E-state index contributed by atoms with van der Waals surface area (Å²) < 4.78 is 5.29. The number of rotatable bonds is 8. The topological polar surface area (TPSA) is 85.7 Å². The second-order valence-electron chi connectivity index (χ2n) is 6.22. The van der Waals surface area contributed by atoms with E-state index in [1.165, 1.54) is 19.1 Å². The molecule has 2 amide bonds. The average molecular weight is 390 g/mol. The standard InChI is InChI=1S/C22H22N4O3/c1-4-14-29-19-12-10-18(11-13-19)21(27)24-20(15-17-8-6-5-7-9-17)22(28)26(3)25(2)16-23/h1,5-13,20H,14-15H2,2-3H3,(H,24,27)/t20-/m0/s1. The summed E-state index contributed by atoms with van der Waals surface area (Å²) in [5.74, 6) is 2.11. The number of terminal acetylenes is 1. The monoisotopic (exact) mass is 390 g/mol. The first kappa shape index (κ1) is 21.3. The first-order valence-electron chi connectivity index (χ1n) is 8.88. The van der Waals surface area contributed by atoms with E-state index in [-0.39, 0.29) is 6.61 Å². The number of benzene rings is 2. The van der Waals surface area contributed by atoms with Gasteiger partial charge in [-0.05, 0) is 29.8 Å². The van der Waals surface area contributed by atoms with Crippen molar-refractivity contribution in [1.29, 1.82) is 5.26 Å². The zero-order valence-corrected chi connectivity index (χ0v) is 16.3. The number of nitrogens with zero attached hydrogens (tertiary/aromatic N) is 3. The predicted molar refractivity (Wildman–Crippen MR) is 108 cm³/mol. The van der Waals surface area contributed by atoms with Crippen molar-refractivity contribution in [3.63, 3.8) is 0 Å². The smallest absolute Gasteiger partial charge is 0.264 e. The fourth-order valence-corrected chi connectivity index (χ4v) is 2.56. The molecule has 0 radical (unpaired) electrons. The number of carbonyl (C=O) groups is 2. The second kappa shape index (κ2) is 10.4. The number of nitriles is 1. The van der Waals surface area contributed by atoms with Crippen LogP contribution in [0.1, 0.15) is 15.9 Å². The highest BCUT2D eigenvalue weighted by Crippen LogP contribution is 2.13. The van der Waals surface area contributed by atoms with Gasteiger partial charge in [0.1, 0.15) is 18.4 Å². The Morgan fingerprint density at radius 2 is 1.79 bits per heavy atom. The van der Waals surface area contributed by atoms with E-state index in [0.29, 0.717) is 17.7 Å². The van der Waals surface area contributed by atoms with Crippen LogP contribution in [-0.4, -0.2) is 48.6 Å². The molecule has 0 heterocycles. The van der Waals surface area contributed by atoms with Gasteiger partial charge in [0, 0.05) is 26.1 Å². The SMILES string of the molecule is C#CCOc1ccc(C(=O)N[C@@H](Cc2ccccc2)C(=O)N(C)N(C)C#N)cc1. The molecule has 0 spiro atoms. The quantitative estimate of drug-likeness (QED) is 0.322. The lowest BCUT2D eigenvalue weighted by atomic mass is 10.0. The minimum Gasteiger partial charge on any atom is -0.481 e. The van der Waals surface area contributed by atoms with Gasteiger partial charge in [0.05, 0.1) is 0 Å². The van der Waals surface area contributed by atoms with Crippen LogP contribution in [0, 0.1) is 23.8 Å². The number of hydrogen-bond acceptors (Lipinski definition) is 5. The third-order valence-corrected chi connectivity index (χ3v) is 4.24. The third kappa shape index (κ3) is 6.02. The van der Waals surface area contributed by atoms with Gasteiger partial charge in [-0.15, -0.1) is 6.42 Å². The van der Waals surface area contributed by atoms with Crippen molar-refractivity contribution >= 4 is 11.8 Å². The highest BCUT2D eigenvalue weighted by molar-refractivity contribution is 5.97. The van der Waals surface area contributed by atoms with Crippen molar-refractivity contribution in [3.8, 4) is 24.3 Å². The number of likely N-dealkylation sites (N-methyl/N-ethyl adjacent to an activating group) is 1. The number of nitrogens with one attached hydrogen (secondary N) is 1. The molecule has 0 aliphatic rings. The zero-order chi connectivity index (χ0) is 21.2. The molecule has 0 saturated carbocycles. The largest absolute Gasteiger partial charge is 0.481 e. The van der Waals surface area contributed by atoms with Crippen LogP contribution in [0.2, 0.25) is 0 Å². The Hall–Kier alpha value is -3.97. The van der Waals surface area contributed by atoms with E-state index in [1.54, 1.807) is 24.3 Å². The van der Waals surface area contributed by atoms with Crippen LogP contribution in [0.15, 0.2) is 54.6 Å². The van der Waals surface area contributed by atoms with Crippen molar-refractivity contribution < 1.29 is 14.3 Å². The lowest BCUT2D eigenvalue weighted by molar-refractivity contribution is -0.141. The molecular weight excluding hydrogens is 368 g/mol. The van der Waals surface area contributed by atoms with E-state index >= 15 is 0 Å². The molecule has 0 aromatic heterocycles. The molecule has 0 unspecified atom stereocenters. The summed E-state index contributed by atoms with van der Waals surface area (Å²) in [5.41, 5.74) is 1.26. The van der Waals surface area contributed by atoms with E-state index in [1.807, 2.05) is 36.5 Å². The first-order chi connectivity index (χ1) is 14.0. The second-order valence-corrected chi connectivity index (χ2v) is 6.22.